The highest BCUT2D eigenvalue weighted by atomic mass is 32.2. The van der Waals surface area contributed by atoms with E-state index >= 15 is 0 Å². The van der Waals surface area contributed by atoms with Crippen LogP contribution in [0.3, 0.4) is 0 Å². The SMILES string of the molecule is CC(N)CCC(=O)N(C)C1CCS(=O)(=O)C1. The van der Waals surface area contributed by atoms with E-state index in [2.05, 4.69) is 0 Å². The summed E-state index contributed by atoms with van der Waals surface area (Å²) in [7, 11) is -1.25. The van der Waals surface area contributed by atoms with Crippen LogP contribution < -0.4 is 5.73 Å². The van der Waals surface area contributed by atoms with E-state index in [1.54, 1.807) is 11.9 Å². The fourth-order valence-corrected chi connectivity index (χ4v) is 3.59. The molecule has 1 aliphatic rings. The van der Waals surface area contributed by atoms with Crippen LogP contribution in [0.2, 0.25) is 0 Å². The number of nitrogens with two attached hydrogens (primary N) is 1. The Kier molecular flexibility index (Phi) is 4.32. The molecule has 1 aliphatic heterocycles. The predicted molar refractivity (Wildman–Crippen MR) is 62.7 cm³/mol. The van der Waals surface area contributed by atoms with E-state index in [1.165, 1.54) is 0 Å². The summed E-state index contributed by atoms with van der Waals surface area (Å²) in [5, 5.41) is 0. The summed E-state index contributed by atoms with van der Waals surface area (Å²) in [6.45, 7) is 1.85. The van der Waals surface area contributed by atoms with Gasteiger partial charge in [-0.05, 0) is 19.8 Å². The molecule has 0 aromatic rings. The van der Waals surface area contributed by atoms with Gasteiger partial charge in [-0.3, -0.25) is 4.79 Å². The van der Waals surface area contributed by atoms with Gasteiger partial charge in [-0.25, -0.2) is 8.42 Å². The molecule has 5 nitrogen and oxygen atoms in total. The molecule has 1 fully saturated rings. The van der Waals surface area contributed by atoms with Crippen molar-refractivity contribution in [3.8, 4) is 0 Å². The summed E-state index contributed by atoms with van der Waals surface area (Å²) in [6.07, 6.45) is 1.59. The number of carbonyl (C=O) groups is 1. The monoisotopic (exact) mass is 248 g/mol. The molecule has 0 aromatic carbocycles. The number of hydrogen-bond donors (Lipinski definition) is 1. The molecule has 0 spiro atoms. The number of amides is 1. The lowest BCUT2D eigenvalue weighted by Crippen LogP contribution is -2.38. The average molecular weight is 248 g/mol. The first-order chi connectivity index (χ1) is 7.32. The van der Waals surface area contributed by atoms with Crippen LogP contribution >= 0.6 is 0 Å². The number of hydrogen-bond acceptors (Lipinski definition) is 4. The standard InChI is InChI=1S/C10H20N2O3S/c1-8(11)3-4-10(13)12(2)9-5-6-16(14,15)7-9/h8-9H,3-7,11H2,1-2H3. The van der Waals surface area contributed by atoms with Crippen LogP contribution in [0, 0.1) is 0 Å². The smallest absolute Gasteiger partial charge is 0.222 e. The maximum atomic E-state index is 11.7. The lowest BCUT2D eigenvalue weighted by molar-refractivity contribution is -0.131. The van der Waals surface area contributed by atoms with Crippen LogP contribution in [0.1, 0.15) is 26.2 Å². The van der Waals surface area contributed by atoms with Crippen molar-refractivity contribution in [2.24, 2.45) is 5.73 Å². The van der Waals surface area contributed by atoms with Crippen molar-refractivity contribution >= 4 is 15.7 Å². The van der Waals surface area contributed by atoms with Crippen LogP contribution in [-0.2, 0) is 14.6 Å². The number of rotatable bonds is 4. The Hall–Kier alpha value is -0.620. The summed E-state index contributed by atoms with van der Waals surface area (Å²) in [4.78, 5) is 13.3. The molecule has 1 amide bonds. The van der Waals surface area contributed by atoms with Gasteiger partial charge in [0.1, 0.15) is 0 Å². The van der Waals surface area contributed by atoms with Crippen LogP contribution in [-0.4, -0.2) is 49.9 Å². The molecule has 6 heteroatoms. The van der Waals surface area contributed by atoms with Gasteiger partial charge in [0.2, 0.25) is 5.91 Å². The van der Waals surface area contributed by atoms with E-state index < -0.39 is 9.84 Å². The second-order valence-corrected chi connectivity index (χ2v) is 6.81. The van der Waals surface area contributed by atoms with Gasteiger partial charge < -0.3 is 10.6 Å². The summed E-state index contributed by atoms with van der Waals surface area (Å²) < 4.78 is 22.6. The molecule has 0 bridgehead atoms. The molecular weight excluding hydrogens is 228 g/mol. The van der Waals surface area contributed by atoms with Gasteiger partial charge in [0, 0.05) is 25.6 Å². The van der Waals surface area contributed by atoms with Gasteiger partial charge >= 0.3 is 0 Å². The van der Waals surface area contributed by atoms with Gasteiger partial charge in [0.15, 0.2) is 9.84 Å². The Balaban J connectivity index is 2.46. The maximum Gasteiger partial charge on any atom is 0.222 e. The normalized spacial score (nSPS) is 25.3. The Morgan fingerprint density at radius 3 is 2.62 bits per heavy atom. The fourth-order valence-electron chi connectivity index (χ4n) is 1.81. The average Bonchev–Trinajstić information content (AvgIpc) is 2.54. The minimum Gasteiger partial charge on any atom is -0.342 e. The van der Waals surface area contributed by atoms with E-state index in [-0.39, 0.29) is 29.5 Å². The van der Waals surface area contributed by atoms with E-state index in [0.717, 1.165) is 0 Å². The number of carbonyl (C=O) groups excluding carboxylic acids is 1. The Morgan fingerprint density at radius 2 is 2.19 bits per heavy atom. The maximum absolute atomic E-state index is 11.7. The zero-order valence-corrected chi connectivity index (χ0v) is 10.7. The molecule has 0 saturated carbocycles. The van der Waals surface area contributed by atoms with Crippen molar-refractivity contribution in [2.45, 2.75) is 38.3 Å². The van der Waals surface area contributed by atoms with Crippen molar-refractivity contribution in [1.29, 1.82) is 0 Å². The molecule has 0 aromatic heterocycles. The molecule has 2 atom stereocenters. The number of nitrogens with zero attached hydrogens (tertiary/aromatic N) is 1. The van der Waals surface area contributed by atoms with Gasteiger partial charge in [-0.2, -0.15) is 0 Å². The molecule has 0 radical (unpaired) electrons. The lowest BCUT2D eigenvalue weighted by Gasteiger charge is -2.23. The topological polar surface area (TPSA) is 80.5 Å². The van der Waals surface area contributed by atoms with Gasteiger partial charge in [-0.1, -0.05) is 0 Å². The molecular formula is C10H20N2O3S. The van der Waals surface area contributed by atoms with E-state index in [9.17, 15) is 13.2 Å². The van der Waals surface area contributed by atoms with Crippen LogP contribution in [0.25, 0.3) is 0 Å². The van der Waals surface area contributed by atoms with E-state index in [0.29, 0.717) is 19.3 Å². The molecule has 16 heavy (non-hydrogen) atoms. The first kappa shape index (κ1) is 13.4. The van der Waals surface area contributed by atoms with Crippen molar-refractivity contribution in [3.63, 3.8) is 0 Å². The molecule has 94 valence electrons. The molecule has 1 rings (SSSR count). The first-order valence-electron chi connectivity index (χ1n) is 5.53. The highest BCUT2D eigenvalue weighted by Gasteiger charge is 2.32. The Bertz CT molecular complexity index is 351. The van der Waals surface area contributed by atoms with Crippen molar-refractivity contribution in [2.75, 3.05) is 18.6 Å². The minimum atomic E-state index is -2.92. The Morgan fingerprint density at radius 1 is 1.56 bits per heavy atom. The quantitative estimate of drug-likeness (QED) is 0.744. The third-order valence-electron chi connectivity index (χ3n) is 2.96. The van der Waals surface area contributed by atoms with Crippen molar-refractivity contribution in [3.05, 3.63) is 0 Å². The number of sulfone groups is 1. The van der Waals surface area contributed by atoms with Crippen LogP contribution in [0.5, 0.6) is 0 Å². The molecule has 0 aliphatic carbocycles. The third kappa shape index (κ3) is 3.75. The minimum absolute atomic E-state index is 0.00432. The molecule has 2 N–H and O–H groups in total. The zero-order chi connectivity index (χ0) is 12.3. The summed E-state index contributed by atoms with van der Waals surface area (Å²) >= 11 is 0. The van der Waals surface area contributed by atoms with Crippen LogP contribution in [0.4, 0.5) is 0 Å². The predicted octanol–water partition coefficient (Wildman–Crippen LogP) is -0.241. The second kappa shape index (κ2) is 5.14. The van der Waals surface area contributed by atoms with E-state index in [4.69, 9.17) is 5.73 Å². The molecule has 1 heterocycles. The summed E-state index contributed by atoms with van der Waals surface area (Å²) in [6, 6.07) is -0.143. The fraction of sp³-hybridized carbons (Fsp3) is 0.900. The largest absolute Gasteiger partial charge is 0.342 e. The zero-order valence-electron chi connectivity index (χ0n) is 9.85. The molecule has 2 unspecified atom stereocenters. The summed E-state index contributed by atoms with van der Waals surface area (Å²) in [5.41, 5.74) is 5.57. The Labute approximate surface area is 96.9 Å². The van der Waals surface area contributed by atoms with Crippen molar-refractivity contribution < 1.29 is 13.2 Å². The van der Waals surface area contributed by atoms with Crippen LogP contribution in [0.15, 0.2) is 0 Å². The van der Waals surface area contributed by atoms with E-state index in [1.807, 2.05) is 6.92 Å². The summed E-state index contributed by atoms with van der Waals surface area (Å²) in [5.74, 6) is 0.287. The van der Waals surface area contributed by atoms with Gasteiger partial charge in [-0.15, -0.1) is 0 Å². The highest BCUT2D eigenvalue weighted by Crippen LogP contribution is 2.17. The molecule has 1 saturated heterocycles. The lowest BCUT2D eigenvalue weighted by atomic mass is 10.1. The van der Waals surface area contributed by atoms with Gasteiger partial charge in [0.05, 0.1) is 11.5 Å². The van der Waals surface area contributed by atoms with Crippen molar-refractivity contribution in [1.82, 2.24) is 4.90 Å². The third-order valence-corrected chi connectivity index (χ3v) is 4.71. The highest BCUT2D eigenvalue weighted by molar-refractivity contribution is 7.91. The second-order valence-electron chi connectivity index (χ2n) is 4.58. The van der Waals surface area contributed by atoms with Gasteiger partial charge in [0.25, 0.3) is 0 Å². The first-order valence-corrected chi connectivity index (χ1v) is 7.35.